The number of nitrogens with zero attached hydrogens (tertiary/aromatic N) is 4. The van der Waals surface area contributed by atoms with Crippen LogP contribution in [0.3, 0.4) is 0 Å². The number of quaternary nitrogens is 4. The largest absolute Gasteiger partial charge is 0.744 e. The number of rotatable bonds is 8. The molecule has 0 aliphatic carbocycles. The summed E-state index contributed by atoms with van der Waals surface area (Å²) in [4.78, 5) is -4.63. The van der Waals surface area contributed by atoms with E-state index < -0.39 is 92.4 Å². The molecule has 0 bridgehead atoms. The Bertz CT molecular complexity index is 2390. The van der Waals surface area contributed by atoms with Crippen LogP contribution in [0.15, 0.2) is 56.0 Å². The van der Waals surface area contributed by atoms with Crippen molar-refractivity contribution < 1.29 is 69.8 Å². The first-order chi connectivity index (χ1) is 31.5. The monoisotopic (exact) mass is 1030 g/mol. The maximum Gasteiger partial charge on any atom is 0.125 e. The summed E-state index contributed by atoms with van der Waals surface area (Å²) in [6, 6.07) is 4.27. The van der Waals surface area contributed by atoms with Crippen LogP contribution in [0.1, 0.15) is 105 Å². The molecule has 0 radical (unpaired) electrons. The van der Waals surface area contributed by atoms with E-state index in [1.807, 2.05) is 0 Å². The first-order valence-electron chi connectivity index (χ1n) is 24.5. The van der Waals surface area contributed by atoms with Gasteiger partial charge in [-0.15, -0.1) is 0 Å². The van der Waals surface area contributed by atoms with Crippen molar-refractivity contribution >= 4 is 72.8 Å². The van der Waals surface area contributed by atoms with Crippen molar-refractivity contribution in [3.8, 4) is 0 Å². The van der Waals surface area contributed by atoms with Gasteiger partial charge in [0.05, 0.1) is 126 Å². The van der Waals surface area contributed by atoms with E-state index in [-0.39, 0.29) is 0 Å². The first-order valence-corrected chi connectivity index (χ1v) is 30.1. The minimum Gasteiger partial charge on any atom is -0.744 e. The van der Waals surface area contributed by atoms with E-state index in [2.05, 4.69) is 55.9 Å². The average Bonchev–Trinajstić information content (AvgIpc) is 3.28. The maximum absolute atomic E-state index is 11.8. The summed E-state index contributed by atoms with van der Waals surface area (Å²) in [5.74, 6) is 0. The second-order valence-corrected chi connectivity index (χ2v) is 25.8. The summed E-state index contributed by atoms with van der Waals surface area (Å²) in [7, 11) is -12.1. The molecule has 0 unspecified atom stereocenters. The summed E-state index contributed by atoms with van der Waals surface area (Å²) in [5, 5.41) is -2.90. The first kappa shape index (κ1) is 58.0. The van der Waals surface area contributed by atoms with Crippen LogP contribution >= 0.6 is 0 Å². The fraction of sp³-hybridized carbons (Fsp3) is 0.667. The van der Waals surface area contributed by atoms with Crippen molar-refractivity contribution in [3.05, 3.63) is 36.4 Å². The predicted molar refractivity (Wildman–Crippen MR) is 263 cm³/mol. The topological polar surface area (TPSA) is 229 Å². The molecule has 0 saturated carbocycles. The van der Waals surface area contributed by atoms with Crippen molar-refractivity contribution in [2.75, 3.05) is 107 Å². The number of piperidine rings is 4. The van der Waals surface area contributed by atoms with Crippen LogP contribution in [-0.4, -0.2) is 177 Å². The zero-order valence-corrected chi connectivity index (χ0v) is 45.0. The second kappa shape index (κ2) is 23.3. The van der Waals surface area contributed by atoms with Crippen LogP contribution in [0.25, 0.3) is 32.3 Å². The zero-order valence-electron chi connectivity index (χ0n) is 41.8. The van der Waals surface area contributed by atoms with E-state index in [4.69, 9.17) is 0 Å². The van der Waals surface area contributed by atoms with Crippen molar-refractivity contribution in [1.29, 1.82) is 0 Å². The molecule has 68 heavy (non-hydrogen) atoms. The Hall–Kier alpha value is -2.60. The van der Waals surface area contributed by atoms with Gasteiger partial charge < -0.3 is 36.1 Å². The van der Waals surface area contributed by atoms with Crippen LogP contribution in [0.2, 0.25) is 0 Å². The lowest BCUT2D eigenvalue weighted by molar-refractivity contribution is -0.912. The summed E-state index contributed by atoms with van der Waals surface area (Å²) in [6.07, 6.45) is 17.5. The predicted octanol–water partition coefficient (Wildman–Crippen LogP) is 6.75. The highest BCUT2D eigenvalue weighted by molar-refractivity contribution is 7.87. The molecule has 16 nitrogen and oxygen atoms in total. The van der Waals surface area contributed by atoms with E-state index in [9.17, 15) is 51.9 Å². The third-order valence-corrected chi connectivity index (χ3v) is 19.0. The van der Waals surface area contributed by atoms with Crippen LogP contribution in [0.5, 0.6) is 0 Å². The lowest BCUT2D eigenvalue weighted by atomic mass is 9.94. The highest BCUT2D eigenvalue weighted by Crippen LogP contribution is 2.44. The summed E-state index contributed by atoms with van der Waals surface area (Å²) < 4.78 is 146. The Labute approximate surface area is 408 Å². The Morgan fingerprint density at radius 3 is 0.618 bits per heavy atom. The molecule has 4 aliphatic rings. The molecule has 0 atom stereocenters. The fourth-order valence-electron chi connectivity index (χ4n) is 10.1. The number of likely N-dealkylation sites (tertiary alicyclic amines) is 4. The van der Waals surface area contributed by atoms with Crippen LogP contribution in [0.4, 0.5) is 0 Å². The summed E-state index contributed by atoms with van der Waals surface area (Å²) in [5.41, 5.74) is 0. The van der Waals surface area contributed by atoms with Gasteiger partial charge in [0.1, 0.15) is 40.5 Å². The van der Waals surface area contributed by atoms with Gasteiger partial charge in [-0.1, -0.05) is 24.3 Å². The van der Waals surface area contributed by atoms with Gasteiger partial charge in [0.2, 0.25) is 0 Å². The van der Waals surface area contributed by atoms with Gasteiger partial charge in [-0.25, -0.2) is 33.7 Å². The molecule has 0 N–H and O–H groups in total. The summed E-state index contributed by atoms with van der Waals surface area (Å²) >= 11 is 0. The average molecular weight is 1030 g/mol. The fourth-order valence-corrected chi connectivity index (χ4v) is 13.0. The molecule has 4 aliphatic heterocycles. The quantitative estimate of drug-likeness (QED) is 0.101. The SMILES string of the molecule is CC[N+]1(C)CCCCC1.CC[N+]1(C)CCCCC1.CC[N+]1(C)CCCCC1.CC[N+]1(C)CCCCC1.O=S(=O)([O-])c1cc(S(=O)(=O)[O-])c2ccc3c(S(=O)(=O)[O-])cc(S(=O)(=O)[O-])c4ccc1c2c43. The van der Waals surface area contributed by atoms with Crippen molar-refractivity contribution in [2.24, 2.45) is 0 Å². The van der Waals surface area contributed by atoms with Gasteiger partial charge >= 0.3 is 0 Å². The Kier molecular flexibility index (Phi) is 19.9. The van der Waals surface area contributed by atoms with Crippen LogP contribution in [0, 0.1) is 0 Å². The molecule has 386 valence electrons. The smallest absolute Gasteiger partial charge is 0.125 e. The van der Waals surface area contributed by atoms with Gasteiger partial charge in [-0.2, -0.15) is 0 Å². The lowest BCUT2D eigenvalue weighted by Crippen LogP contribution is -2.47. The Morgan fingerprint density at radius 2 is 0.500 bits per heavy atom. The number of benzene rings is 4. The van der Waals surface area contributed by atoms with E-state index in [0.717, 1.165) is 24.3 Å². The molecule has 0 amide bonds. The van der Waals surface area contributed by atoms with Crippen molar-refractivity contribution in [1.82, 2.24) is 0 Å². The minimum atomic E-state index is -5.40. The second-order valence-electron chi connectivity index (χ2n) is 20.4. The van der Waals surface area contributed by atoms with E-state index in [1.165, 1.54) is 174 Å². The molecular formula is C48H78N4O12S4. The van der Waals surface area contributed by atoms with Gasteiger partial charge in [0, 0.05) is 21.5 Å². The van der Waals surface area contributed by atoms with Crippen molar-refractivity contribution in [3.63, 3.8) is 0 Å². The highest BCUT2D eigenvalue weighted by atomic mass is 32.2. The molecule has 4 fully saturated rings. The van der Waals surface area contributed by atoms with Crippen LogP contribution < -0.4 is 0 Å². The molecule has 4 aromatic rings. The van der Waals surface area contributed by atoms with Crippen LogP contribution in [-0.2, 0) is 40.5 Å². The van der Waals surface area contributed by atoms with Gasteiger partial charge in [0.15, 0.2) is 0 Å². The normalized spacial score (nSPS) is 20.4. The number of hydrogen-bond acceptors (Lipinski definition) is 12. The maximum atomic E-state index is 11.8. The molecule has 0 aromatic heterocycles. The van der Waals surface area contributed by atoms with Gasteiger partial charge in [-0.3, -0.25) is 0 Å². The lowest BCUT2D eigenvalue weighted by Gasteiger charge is -2.36. The molecular weight excluding hydrogens is 953 g/mol. The Balaban J connectivity index is 0.000000225. The molecule has 8 rings (SSSR count). The van der Waals surface area contributed by atoms with Gasteiger partial charge in [0.25, 0.3) is 0 Å². The number of hydrogen-bond donors (Lipinski definition) is 0. The standard InChI is InChI=1S/C16H10O12S4.4C8H18N/c17-29(18,19)11-5-13(31(23,24)25)9-3-4-10-14(32(26,27)28)6-12(30(20,21)22)8-2-1-7(11)15(9)16(8)10;4*1-3-9(2)7-5-4-6-8-9/h1-6H,(H,17,18,19)(H,20,21,22)(H,23,24,25)(H,26,27,28);4*3-8H2,1-2H3/q;4*+1/p-4. The Morgan fingerprint density at radius 1 is 0.338 bits per heavy atom. The molecule has 4 aromatic carbocycles. The molecule has 0 spiro atoms. The zero-order chi connectivity index (χ0) is 51.0. The third-order valence-electron chi connectivity index (χ3n) is 15.5. The highest BCUT2D eigenvalue weighted by Gasteiger charge is 2.27. The molecule has 4 heterocycles. The minimum absolute atomic E-state index is 0.336. The van der Waals surface area contributed by atoms with E-state index in [1.54, 1.807) is 0 Å². The van der Waals surface area contributed by atoms with E-state index >= 15 is 0 Å². The third kappa shape index (κ3) is 15.2. The molecule has 20 heteroatoms. The van der Waals surface area contributed by atoms with Crippen molar-refractivity contribution in [2.45, 2.75) is 124 Å². The summed E-state index contributed by atoms with van der Waals surface area (Å²) in [6.45, 7) is 25.8. The van der Waals surface area contributed by atoms with Gasteiger partial charge in [-0.05, 0) is 128 Å². The van der Waals surface area contributed by atoms with E-state index in [0.29, 0.717) is 12.1 Å². The molecule has 4 saturated heterocycles.